The van der Waals surface area contributed by atoms with Crippen LogP contribution >= 0.6 is 0 Å². The fourth-order valence-electron chi connectivity index (χ4n) is 2.54. The van der Waals surface area contributed by atoms with Gasteiger partial charge in [-0.25, -0.2) is 0 Å². The second-order valence-electron chi connectivity index (χ2n) is 3.92. The number of hydrogen-bond donors (Lipinski definition) is 1. The van der Waals surface area contributed by atoms with Gasteiger partial charge in [-0.05, 0) is 23.3 Å². The van der Waals surface area contributed by atoms with Crippen molar-refractivity contribution in [2.24, 2.45) is 0 Å². The summed E-state index contributed by atoms with van der Waals surface area (Å²) in [6.07, 6.45) is 3.94. The molecule has 0 fully saturated rings. The Morgan fingerprint density at radius 2 is 1.86 bits per heavy atom. The lowest BCUT2D eigenvalue weighted by molar-refractivity contribution is 0.167. The van der Waals surface area contributed by atoms with Crippen LogP contribution in [0.5, 0.6) is 5.75 Å². The first kappa shape index (κ1) is 8.06. The molecule has 2 aliphatic carbocycles. The molecule has 1 aromatic rings. The molecule has 2 bridgehead atoms. The third kappa shape index (κ3) is 0.840. The van der Waals surface area contributed by atoms with Gasteiger partial charge in [0.1, 0.15) is 5.75 Å². The third-order valence-corrected chi connectivity index (χ3v) is 3.27. The van der Waals surface area contributed by atoms with Crippen molar-refractivity contribution >= 4 is 0 Å². The fraction of sp³-hybridized carbons (Fsp3) is 0.333. The molecule has 0 amide bonds. The molecule has 3 unspecified atom stereocenters. The number of aliphatic hydroxyl groups is 1. The Morgan fingerprint density at radius 3 is 2.57 bits per heavy atom. The first-order chi connectivity index (χ1) is 6.81. The molecule has 2 nitrogen and oxygen atoms in total. The van der Waals surface area contributed by atoms with E-state index >= 15 is 0 Å². The standard InChI is InChI=1S/C12H12O2/c1-14-7-2-3-8-9-4-5-10(12(9)13)11(8)6-7/h2-6,9-10,12-13H,1H3. The van der Waals surface area contributed by atoms with E-state index in [0.717, 1.165) is 5.75 Å². The Kier molecular flexibility index (Phi) is 1.50. The molecule has 0 heterocycles. The van der Waals surface area contributed by atoms with Crippen LogP contribution in [0.1, 0.15) is 23.0 Å². The van der Waals surface area contributed by atoms with Crippen LogP contribution in [0.15, 0.2) is 30.4 Å². The molecule has 2 heteroatoms. The summed E-state index contributed by atoms with van der Waals surface area (Å²) in [7, 11) is 1.67. The van der Waals surface area contributed by atoms with Gasteiger partial charge >= 0.3 is 0 Å². The number of aliphatic hydroxyl groups excluding tert-OH is 1. The van der Waals surface area contributed by atoms with Gasteiger partial charge in [0.2, 0.25) is 0 Å². The third-order valence-electron chi connectivity index (χ3n) is 3.27. The Morgan fingerprint density at radius 1 is 1.14 bits per heavy atom. The van der Waals surface area contributed by atoms with E-state index in [1.165, 1.54) is 11.1 Å². The van der Waals surface area contributed by atoms with E-state index in [-0.39, 0.29) is 17.9 Å². The molecule has 14 heavy (non-hydrogen) atoms. The monoisotopic (exact) mass is 188 g/mol. The molecule has 72 valence electrons. The van der Waals surface area contributed by atoms with E-state index in [1.807, 2.05) is 12.1 Å². The predicted octanol–water partition coefficient (Wildman–Crippen LogP) is 1.81. The van der Waals surface area contributed by atoms with Crippen molar-refractivity contribution in [1.82, 2.24) is 0 Å². The first-order valence-electron chi connectivity index (χ1n) is 4.85. The van der Waals surface area contributed by atoms with E-state index in [4.69, 9.17) is 4.74 Å². The van der Waals surface area contributed by atoms with E-state index < -0.39 is 0 Å². The van der Waals surface area contributed by atoms with Crippen molar-refractivity contribution in [1.29, 1.82) is 0 Å². The highest BCUT2D eigenvalue weighted by Gasteiger charge is 2.41. The zero-order chi connectivity index (χ0) is 9.71. The van der Waals surface area contributed by atoms with Gasteiger partial charge in [0.15, 0.2) is 0 Å². The summed E-state index contributed by atoms with van der Waals surface area (Å²) >= 11 is 0. The number of ether oxygens (including phenoxy) is 1. The van der Waals surface area contributed by atoms with Gasteiger partial charge in [0, 0.05) is 11.8 Å². The van der Waals surface area contributed by atoms with Crippen LogP contribution in [-0.2, 0) is 0 Å². The SMILES string of the molecule is COc1ccc2c(c1)C1C=CC2C1O. The molecule has 1 N–H and O–H groups in total. The fourth-order valence-corrected chi connectivity index (χ4v) is 2.54. The highest BCUT2D eigenvalue weighted by Crippen LogP contribution is 2.49. The quantitative estimate of drug-likeness (QED) is 0.681. The maximum absolute atomic E-state index is 9.91. The number of methoxy groups -OCH3 is 1. The Hall–Kier alpha value is -1.28. The van der Waals surface area contributed by atoms with Crippen LogP contribution in [0.25, 0.3) is 0 Å². The van der Waals surface area contributed by atoms with Crippen molar-refractivity contribution in [2.45, 2.75) is 17.9 Å². The molecule has 0 saturated heterocycles. The molecule has 0 radical (unpaired) electrons. The summed E-state index contributed by atoms with van der Waals surface area (Å²) in [5.74, 6) is 1.27. The molecule has 0 aromatic heterocycles. The smallest absolute Gasteiger partial charge is 0.119 e. The van der Waals surface area contributed by atoms with Crippen molar-refractivity contribution < 1.29 is 9.84 Å². The summed E-state index contributed by atoms with van der Waals surface area (Å²) in [6.45, 7) is 0. The lowest BCUT2D eigenvalue weighted by atomic mass is 9.97. The average molecular weight is 188 g/mol. The predicted molar refractivity (Wildman–Crippen MR) is 53.6 cm³/mol. The van der Waals surface area contributed by atoms with Gasteiger partial charge in [-0.15, -0.1) is 0 Å². The average Bonchev–Trinajstić information content (AvgIpc) is 2.72. The minimum Gasteiger partial charge on any atom is -0.497 e. The normalized spacial score (nSPS) is 32.0. The van der Waals surface area contributed by atoms with Crippen LogP contribution in [0.3, 0.4) is 0 Å². The molecule has 0 spiro atoms. The highest BCUT2D eigenvalue weighted by atomic mass is 16.5. The van der Waals surface area contributed by atoms with Crippen molar-refractivity contribution in [3.05, 3.63) is 41.5 Å². The second-order valence-corrected chi connectivity index (χ2v) is 3.92. The van der Waals surface area contributed by atoms with Crippen LogP contribution in [0.2, 0.25) is 0 Å². The van der Waals surface area contributed by atoms with Crippen molar-refractivity contribution in [2.75, 3.05) is 7.11 Å². The Balaban J connectivity index is 2.14. The first-order valence-corrected chi connectivity index (χ1v) is 4.85. The summed E-state index contributed by atoms with van der Waals surface area (Å²) in [4.78, 5) is 0. The Labute approximate surface area is 82.8 Å². The van der Waals surface area contributed by atoms with Crippen molar-refractivity contribution in [3.63, 3.8) is 0 Å². The molecule has 2 aliphatic rings. The zero-order valence-corrected chi connectivity index (χ0v) is 7.97. The molecule has 0 saturated carbocycles. The van der Waals surface area contributed by atoms with Gasteiger partial charge < -0.3 is 9.84 Å². The zero-order valence-electron chi connectivity index (χ0n) is 7.97. The second kappa shape index (κ2) is 2.61. The maximum Gasteiger partial charge on any atom is 0.119 e. The van der Waals surface area contributed by atoms with Crippen LogP contribution in [0.4, 0.5) is 0 Å². The summed E-state index contributed by atoms with van der Waals surface area (Å²) < 4.78 is 5.18. The van der Waals surface area contributed by atoms with E-state index in [0.29, 0.717) is 0 Å². The minimum atomic E-state index is -0.253. The largest absolute Gasteiger partial charge is 0.497 e. The number of rotatable bonds is 1. The highest BCUT2D eigenvalue weighted by molar-refractivity contribution is 5.52. The van der Waals surface area contributed by atoms with Gasteiger partial charge in [0.05, 0.1) is 13.2 Å². The maximum atomic E-state index is 9.91. The minimum absolute atomic E-state index is 0.185. The lowest BCUT2D eigenvalue weighted by Crippen LogP contribution is -2.09. The van der Waals surface area contributed by atoms with Gasteiger partial charge in [0.25, 0.3) is 0 Å². The molecule has 0 aliphatic heterocycles. The summed E-state index contributed by atoms with van der Waals surface area (Å²) in [6, 6.07) is 6.05. The number of fused-ring (bicyclic) bond motifs is 5. The van der Waals surface area contributed by atoms with Crippen LogP contribution < -0.4 is 4.74 Å². The molecule has 1 aromatic carbocycles. The summed E-state index contributed by atoms with van der Waals surface area (Å²) in [5.41, 5.74) is 2.48. The van der Waals surface area contributed by atoms with Crippen LogP contribution in [-0.4, -0.2) is 18.3 Å². The number of hydrogen-bond acceptors (Lipinski definition) is 2. The molecular formula is C12H12O2. The topological polar surface area (TPSA) is 29.5 Å². The summed E-state index contributed by atoms with van der Waals surface area (Å²) in [5, 5.41) is 9.91. The van der Waals surface area contributed by atoms with Gasteiger partial charge in [-0.2, -0.15) is 0 Å². The van der Waals surface area contributed by atoms with E-state index in [9.17, 15) is 5.11 Å². The number of benzene rings is 1. The Bertz CT molecular complexity index is 409. The molecule has 3 rings (SSSR count). The lowest BCUT2D eigenvalue weighted by Gasteiger charge is -2.10. The van der Waals surface area contributed by atoms with Gasteiger partial charge in [-0.1, -0.05) is 18.2 Å². The molecule has 3 atom stereocenters. The molecular weight excluding hydrogens is 176 g/mol. The van der Waals surface area contributed by atoms with E-state index in [1.54, 1.807) is 7.11 Å². The van der Waals surface area contributed by atoms with E-state index in [2.05, 4.69) is 18.2 Å². The van der Waals surface area contributed by atoms with Crippen LogP contribution in [0, 0.1) is 0 Å². The van der Waals surface area contributed by atoms with Gasteiger partial charge in [-0.3, -0.25) is 0 Å². The van der Waals surface area contributed by atoms with Crippen molar-refractivity contribution in [3.8, 4) is 5.75 Å².